The average Bonchev–Trinajstić information content (AvgIpc) is 2.83. The van der Waals surface area contributed by atoms with Crippen molar-refractivity contribution in [1.29, 1.82) is 0 Å². The minimum atomic E-state index is -4.37. The molecule has 2 saturated heterocycles. The minimum Gasteiger partial charge on any atom is -0.444 e. The number of rotatable bonds is 4. The summed E-state index contributed by atoms with van der Waals surface area (Å²) in [5.41, 5.74) is -0.569. The minimum absolute atomic E-state index is 0.139. The Morgan fingerprint density at radius 3 is 2.54 bits per heavy atom. The predicted molar refractivity (Wildman–Crippen MR) is 89.6 cm³/mol. The van der Waals surface area contributed by atoms with Crippen LogP contribution in [0.3, 0.4) is 0 Å². The number of hydrogen-bond donors (Lipinski definition) is 1. The van der Waals surface area contributed by atoms with Crippen LogP contribution in [0, 0.1) is 5.92 Å². The van der Waals surface area contributed by atoms with Gasteiger partial charge in [0.25, 0.3) is 0 Å². The third-order valence-corrected chi connectivity index (χ3v) is 4.56. The zero-order valence-corrected chi connectivity index (χ0v) is 15.6. The van der Waals surface area contributed by atoms with Gasteiger partial charge >= 0.3 is 12.3 Å². The fourth-order valence-corrected chi connectivity index (χ4v) is 3.52. The number of amides is 2. The second kappa shape index (κ2) is 8.02. The molecule has 2 heterocycles. The molecule has 26 heavy (non-hydrogen) atoms. The van der Waals surface area contributed by atoms with Gasteiger partial charge in [0.05, 0.1) is 6.04 Å². The number of nitrogens with one attached hydrogen (secondary N) is 1. The maximum absolute atomic E-state index is 12.5. The monoisotopic (exact) mass is 379 g/mol. The van der Waals surface area contributed by atoms with Gasteiger partial charge in [0, 0.05) is 19.6 Å². The fraction of sp³-hybridized carbons (Fsp3) is 0.882. The molecule has 1 N–H and O–H groups in total. The Kier molecular flexibility index (Phi) is 6.42. The first-order valence-electron chi connectivity index (χ1n) is 9.01. The zero-order chi connectivity index (χ0) is 19.5. The summed E-state index contributed by atoms with van der Waals surface area (Å²) < 4.78 is 42.8. The number of nitrogens with zero attached hydrogens (tertiary/aromatic N) is 2. The Morgan fingerprint density at radius 2 is 1.92 bits per heavy atom. The van der Waals surface area contributed by atoms with E-state index in [0.717, 1.165) is 17.7 Å². The van der Waals surface area contributed by atoms with Gasteiger partial charge in [0.15, 0.2) is 0 Å². The van der Waals surface area contributed by atoms with Crippen LogP contribution in [0.15, 0.2) is 0 Å². The molecule has 2 fully saturated rings. The van der Waals surface area contributed by atoms with E-state index in [1.165, 1.54) is 0 Å². The van der Waals surface area contributed by atoms with Crippen molar-refractivity contribution in [3.05, 3.63) is 0 Å². The number of halogens is 3. The highest BCUT2D eigenvalue weighted by Gasteiger charge is 2.42. The van der Waals surface area contributed by atoms with Gasteiger partial charge in [-0.2, -0.15) is 13.2 Å². The van der Waals surface area contributed by atoms with E-state index in [-0.39, 0.29) is 12.5 Å². The molecule has 2 aliphatic heterocycles. The topological polar surface area (TPSA) is 61.9 Å². The first kappa shape index (κ1) is 20.8. The summed E-state index contributed by atoms with van der Waals surface area (Å²) in [5.74, 6) is -0.288. The van der Waals surface area contributed by atoms with Crippen molar-refractivity contribution in [2.45, 2.75) is 57.9 Å². The summed E-state index contributed by atoms with van der Waals surface area (Å²) in [5, 5.41) is 2.74. The van der Waals surface area contributed by atoms with Crippen molar-refractivity contribution in [1.82, 2.24) is 15.1 Å². The number of alkyl halides is 3. The molecule has 2 unspecified atom stereocenters. The summed E-state index contributed by atoms with van der Waals surface area (Å²) in [7, 11) is 0. The van der Waals surface area contributed by atoms with Crippen LogP contribution in [0.1, 0.15) is 40.0 Å². The van der Waals surface area contributed by atoms with Crippen molar-refractivity contribution in [2.75, 3.05) is 32.7 Å². The van der Waals surface area contributed by atoms with E-state index in [0.29, 0.717) is 26.1 Å². The first-order valence-corrected chi connectivity index (χ1v) is 9.01. The zero-order valence-electron chi connectivity index (χ0n) is 15.6. The number of carbonyl (C=O) groups is 2. The second-order valence-corrected chi connectivity index (χ2v) is 8.07. The first-order chi connectivity index (χ1) is 11.9. The summed E-state index contributed by atoms with van der Waals surface area (Å²) in [6.45, 7) is 6.03. The molecule has 150 valence electrons. The van der Waals surface area contributed by atoms with Gasteiger partial charge < -0.3 is 15.0 Å². The van der Waals surface area contributed by atoms with E-state index >= 15 is 0 Å². The summed E-state index contributed by atoms with van der Waals surface area (Å²) >= 11 is 0. The molecule has 2 atom stereocenters. The quantitative estimate of drug-likeness (QED) is 0.815. The van der Waals surface area contributed by atoms with Crippen LogP contribution in [-0.4, -0.2) is 72.3 Å². The van der Waals surface area contributed by atoms with Crippen LogP contribution in [0.4, 0.5) is 18.0 Å². The maximum Gasteiger partial charge on any atom is 0.407 e. The number of hydrogen-bond acceptors (Lipinski definition) is 4. The van der Waals surface area contributed by atoms with Gasteiger partial charge in [-0.15, -0.1) is 0 Å². The second-order valence-electron chi connectivity index (χ2n) is 8.07. The van der Waals surface area contributed by atoms with Gasteiger partial charge in [-0.05, 0) is 52.5 Å². The molecular weight excluding hydrogens is 351 g/mol. The molecule has 0 aromatic carbocycles. The van der Waals surface area contributed by atoms with Gasteiger partial charge in [0.1, 0.15) is 12.1 Å². The van der Waals surface area contributed by atoms with Crippen molar-refractivity contribution < 1.29 is 27.5 Å². The third kappa shape index (κ3) is 6.34. The Morgan fingerprint density at radius 1 is 1.23 bits per heavy atom. The molecule has 0 aromatic rings. The summed E-state index contributed by atoms with van der Waals surface area (Å²) in [4.78, 5) is 26.9. The molecule has 0 bridgehead atoms. The van der Waals surface area contributed by atoms with Crippen LogP contribution in [-0.2, 0) is 9.53 Å². The highest BCUT2D eigenvalue weighted by molar-refractivity contribution is 5.84. The standard InChI is InChI=1S/C17H28F3N3O3/c1-16(2,3)26-15(25)21-9-12-5-4-7-22(10-12)13-6-8-23(14(13)24)11-17(18,19)20/h12-13H,4-11H2,1-3H3,(H,21,25). The van der Waals surface area contributed by atoms with Crippen molar-refractivity contribution >= 4 is 12.0 Å². The third-order valence-electron chi connectivity index (χ3n) is 4.56. The fourth-order valence-electron chi connectivity index (χ4n) is 3.52. The SMILES string of the molecule is CC(C)(C)OC(=O)NCC1CCCN(C2CCN(CC(F)(F)F)C2=O)C1. The van der Waals surface area contributed by atoms with Gasteiger partial charge in [-0.1, -0.05) is 0 Å². The van der Waals surface area contributed by atoms with Gasteiger partial charge in [-0.3, -0.25) is 9.69 Å². The molecule has 0 aromatic heterocycles. The number of piperidine rings is 1. The summed E-state index contributed by atoms with van der Waals surface area (Å²) in [6, 6.07) is -0.485. The van der Waals surface area contributed by atoms with E-state index in [1.807, 2.05) is 4.90 Å². The predicted octanol–water partition coefficient (Wildman–Crippen LogP) is 2.39. The molecule has 0 spiro atoms. The molecule has 0 saturated carbocycles. The van der Waals surface area contributed by atoms with E-state index in [9.17, 15) is 22.8 Å². The van der Waals surface area contributed by atoms with E-state index in [4.69, 9.17) is 4.74 Å². The van der Waals surface area contributed by atoms with Crippen LogP contribution < -0.4 is 5.32 Å². The highest BCUT2D eigenvalue weighted by atomic mass is 19.4. The molecule has 2 rings (SSSR count). The molecule has 0 radical (unpaired) electrons. The van der Waals surface area contributed by atoms with Crippen LogP contribution >= 0.6 is 0 Å². The molecule has 2 amide bonds. The Balaban J connectivity index is 1.83. The van der Waals surface area contributed by atoms with Crippen molar-refractivity contribution in [2.24, 2.45) is 5.92 Å². The van der Waals surface area contributed by atoms with Gasteiger partial charge in [0.2, 0.25) is 5.91 Å². The average molecular weight is 379 g/mol. The Bertz CT molecular complexity index is 520. The lowest BCUT2D eigenvalue weighted by atomic mass is 9.96. The lowest BCUT2D eigenvalue weighted by Gasteiger charge is -2.36. The molecule has 6 nitrogen and oxygen atoms in total. The van der Waals surface area contributed by atoms with Crippen LogP contribution in [0.25, 0.3) is 0 Å². The van der Waals surface area contributed by atoms with Crippen LogP contribution in [0.5, 0.6) is 0 Å². The van der Waals surface area contributed by atoms with Gasteiger partial charge in [-0.25, -0.2) is 4.79 Å². The Labute approximate surface area is 152 Å². The van der Waals surface area contributed by atoms with E-state index in [2.05, 4.69) is 5.32 Å². The molecular formula is C17H28F3N3O3. The molecule has 2 aliphatic rings. The number of likely N-dealkylation sites (tertiary alicyclic amines) is 2. The number of ether oxygens (including phenoxy) is 1. The largest absolute Gasteiger partial charge is 0.444 e. The van der Waals surface area contributed by atoms with E-state index < -0.39 is 36.4 Å². The lowest BCUT2D eigenvalue weighted by molar-refractivity contribution is -0.159. The maximum atomic E-state index is 12.5. The van der Waals surface area contributed by atoms with Crippen molar-refractivity contribution in [3.63, 3.8) is 0 Å². The molecule has 0 aliphatic carbocycles. The smallest absolute Gasteiger partial charge is 0.407 e. The molecule has 9 heteroatoms. The highest BCUT2D eigenvalue weighted by Crippen LogP contribution is 2.26. The normalized spacial score (nSPS) is 25.5. The number of carbonyl (C=O) groups excluding carboxylic acids is 2. The summed E-state index contributed by atoms with van der Waals surface area (Å²) in [6.07, 6.45) is -2.68. The Hall–Kier alpha value is -1.51. The van der Waals surface area contributed by atoms with E-state index in [1.54, 1.807) is 20.8 Å². The van der Waals surface area contributed by atoms with Crippen LogP contribution in [0.2, 0.25) is 0 Å². The number of alkyl carbamates (subject to hydrolysis) is 1. The lowest BCUT2D eigenvalue weighted by Crippen LogP contribution is -2.49. The van der Waals surface area contributed by atoms with Crippen molar-refractivity contribution in [3.8, 4) is 0 Å².